The summed E-state index contributed by atoms with van der Waals surface area (Å²) in [5, 5.41) is 12.3. The van der Waals surface area contributed by atoms with Gasteiger partial charge in [-0.1, -0.05) is 0 Å². The highest BCUT2D eigenvalue weighted by Gasteiger charge is 2.14. The summed E-state index contributed by atoms with van der Waals surface area (Å²) in [6.45, 7) is 1.94. The van der Waals surface area contributed by atoms with Crippen LogP contribution >= 0.6 is 11.3 Å². The molecule has 1 amide bonds. The van der Waals surface area contributed by atoms with E-state index in [2.05, 4.69) is 15.5 Å². The van der Waals surface area contributed by atoms with Crippen molar-refractivity contribution in [2.45, 2.75) is 19.9 Å². The lowest BCUT2D eigenvalue weighted by Gasteiger charge is -2.04. The Labute approximate surface area is 140 Å². The predicted molar refractivity (Wildman–Crippen MR) is 84.3 cm³/mol. The highest BCUT2D eigenvalue weighted by atomic mass is 32.1. The van der Waals surface area contributed by atoms with Gasteiger partial charge in [-0.2, -0.15) is 0 Å². The molecule has 2 heterocycles. The van der Waals surface area contributed by atoms with E-state index in [4.69, 9.17) is 4.42 Å². The van der Waals surface area contributed by atoms with Crippen LogP contribution in [0.25, 0.3) is 10.8 Å². The monoisotopic (exact) mass is 349 g/mol. The number of carbonyl (C=O) groups is 1. The van der Waals surface area contributed by atoms with Crippen LogP contribution < -0.4 is 5.32 Å². The van der Waals surface area contributed by atoms with Crippen LogP contribution in [0.3, 0.4) is 0 Å². The van der Waals surface area contributed by atoms with E-state index < -0.39 is 11.6 Å². The summed E-state index contributed by atoms with van der Waals surface area (Å²) < 4.78 is 31.6. The van der Waals surface area contributed by atoms with Crippen LogP contribution in [0.1, 0.15) is 17.0 Å². The Hall–Kier alpha value is -2.61. The van der Waals surface area contributed by atoms with Gasteiger partial charge in [0.2, 0.25) is 11.8 Å². The van der Waals surface area contributed by atoms with Crippen molar-refractivity contribution >= 4 is 17.2 Å². The molecule has 0 spiro atoms. The number of thiophene rings is 1. The highest BCUT2D eigenvalue weighted by molar-refractivity contribution is 7.13. The average molecular weight is 349 g/mol. The molecular formula is C16H13F2N3O2S. The van der Waals surface area contributed by atoms with Crippen molar-refractivity contribution in [1.29, 1.82) is 0 Å². The third kappa shape index (κ3) is 3.83. The van der Waals surface area contributed by atoms with Crippen LogP contribution in [0.4, 0.5) is 8.78 Å². The summed E-state index contributed by atoms with van der Waals surface area (Å²) >= 11 is 1.48. The van der Waals surface area contributed by atoms with E-state index in [1.165, 1.54) is 11.3 Å². The molecule has 3 aromatic rings. The van der Waals surface area contributed by atoms with Crippen molar-refractivity contribution in [2.24, 2.45) is 0 Å². The molecule has 0 aliphatic rings. The second-order valence-corrected chi connectivity index (χ2v) is 6.08. The van der Waals surface area contributed by atoms with Gasteiger partial charge >= 0.3 is 0 Å². The fourth-order valence-corrected chi connectivity index (χ4v) is 2.97. The average Bonchev–Trinajstić information content (AvgIpc) is 3.13. The Balaban J connectivity index is 1.59. The zero-order valence-electron chi connectivity index (χ0n) is 12.7. The Bertz CT molecular complexity index is 856. The van der Waals surface area contributed by atoms with E-state index in [0.717, 1.165) is 28.6 Å². The number of carbonyl (C=O) groups excluding carboxylic acids is 1. The molecular weight excluding hydrogens is 336 g/mol. The first-order valence-corrected chi connectivity index (χ1v) is 7.98. The molecule has 2 aromatic heterocycles. The molecule has 0 unspecified atom stereocenters. The van der Waals surface area contributed by atoms with Gasteiger partial charge in [0.25, 0.3) is 5.89 Å². The molecule has 124 valence electrons. The number of hydrogen-bond donors (Lipinski definition) is 1. The van der Waals surface area contributed by atoms with Gasteiger partial charge in [-0.3, -0.25) is 4.79 Å². The molecule has 8 heteroatoms. The van der Waals surface area contributed by atoms with Crippen molar-refractivity contribution in [3.05, 3.63) is 58.3 Å². The minimum Gasteiger partial charge on any atom is -0.419 e. The quantitative estimate of drug-likeness (QED) is 0.768. The number of rotatable bonds is 5. The zero-order chi connectivity index (χ0) is 17.1. The molecule has 0 radical (unpaired) electrons. The number of halogens is 2. The number of benzene rings is 1. The normalized spacial score (nSPS) is 10.8. The Kier molecular flexibility index (Phi) is 4.66. The summed E-state index contributed by atoms with van der Waals surface area (Å²) in [4.78, 5) is 12.8. The van der Waals surface area contributed by atoms with Crippen LogP contribution in [0.15, 0.2) is 34.1 Å². The summed E-state index contributed by atoms with van der Waals surface area (Å²) in [5.41, 5.74) is 1.36. The van der Waals surface area contributed by atoms with Gasteiger partial charge in [0.15, 0.2) is 0 Å². The molecule has 3 rings (SSSR count). The van der Waals surface area contributed by atoms with Crippen molar-refractivity contribution in [1.82, 2.24) is 15.5 Å². The van der Waals surface area contributed by atoms with E-state index >= 15 is 0 Å². The van der Waals surface area contributed by atoms with Gasteiger partial charge in [-0.25, -0.2) is 8.78 Å². The second-order valence-electron chi connectivity index (χ2n) is 5.16. The van der Waals surface area contributed by atoms with Gasteiger partial charge in [-0.05, 0) is 41.6 Å². The van der Waals surface area contributed by atoms with Crippen LogP contribution in [0.2, 0.25) is 0 Å². The van der Waals surface area contributed by atoms with Gasteiger partial charge in [0, 0.05) is 12.6 Å². The fourth-order valence-electron chi connectivity index (χ4n) is 2.12. The topological polar surface area (TPSA) is 68.0 Å². The van der Waals surface area contributed by atoms with E-state index in [9.17, 15) is 13.6 Å². The van der Waals surface area contributed by atoms with E-state index in [0.29, 0.717) is 11.5 Å². The third-order valence-electron chi connectivity index (χ3n) is 3.25. The van der Waals surface area contributed by atoms with E-state index in [1.54, 1.807) is 0 Å². The lowest BCUT2D eigenvalue weighted by molar-refractivity contribution is -0.120. The summed E-state index contributed by atoms with van der Waals surface area (Å²) in [7, 11) is 0. The molecule has 0 bridgehead atoms. The maximum Gasteiger partial charge on any atom is 0.258 e. The lowest BCUT2D eigenvalue weighted by Crippen LogP contribution is -2.24. The van der Waals surface area contributed by atoms with Crippen LogP contribution in [0.5, 0.6) is 0 Å². The third-order valence-corrected chi connectivity index (χ3v) is 4.25. The number of nitrogens with zero attached hydrogens (tertiary/aromatic N) is 2. The fraction of sp³-hybridized carbons (Fsp3) is 0.188. The Morgan fingerprint density at radius 3 is 2.67 bits per heavy atom. The highest BCUT2D eigenvalue weighted by Crippen LogP contribution is 2.27. The van der Waals surface area contributed by atoms with Crippen LogP contribution in [-0.2, 0) is 17.8 Å². The first kappa shape index (κ1) is 16.3. The number of nitrogens with one attached hydrogen (secondary N) is 1. The number of amides is 1. The van der Waals surface area contributed by atoms with E-state index in [-0.39, 0.29) is 24.8 Å². The molecule has 0 aliphatic heterocycles. The van der Waals surface area contributed by atoms with Crippen molar-refractivity contribution in [3.8, 4) is 10.8 Å². The Morgan fingerprint density at radius 1 is 1.25 bits per heavy atom. The number of aryl methyl sites for hydroxylation is 1. The van der Waals surface area contributed by atoms with Gasteiger partial charge in [0.1, 0.15) is 18.1 Å². The second kappa shape index (κ2) is 6.88. The van der Waals surface area contributed by atoms with Gasteiger partial charge in [0.05, 0.1) is 4.88 Å². The smallest absolute Gasteiger partial charge is 0.258 e. The summed E-state index contributed by atoms with van der Waals surface area (Å²) in [6.07, 6.45) is -0.102. The molecule has 0 saturated heterocycles. The first-order chi connectivity index (χ1) is 11.5. The maximum atomic E-state index is 13.1. The molecule has 0 saturated carbocycles. The van der Waals surface area contributed by atoms with Gasteiger partial charge in [-0.15, -0.1) is 21.5 Å². The largest absolute Gasteiger partial charge is 0.419 e. The van der Waals surface area contributed by atoms with Crippen LogP contribution in [0, 0.1) is 18.6 Å². The van der Waals surface area contributed by atoms with Crippen molar-refractivity contribution in [3.63, 3.8) is 0 Å². The van der Waals surface area contributed by atoms with Crippen molar-refractivity contribution < 1.29 is 18.0 Å². The van der Waals surface area contributed by atoms with Gasteiger partial charge < -0.3 is 9.73 Å². The van der Waals surface area contributed by atoms with E-state index in [1.807, 2.05) is 18.4 Å². The van der Waals surface area contributed by atoms with Crippen LogP contribution in [-0.4, -0.2) is 16.1 Å². The molecule has 5 nitrogen and oxygen atoms in total. The zero-order valence-corrected chi connectivity index (χ0v) is 13.5. The summed E-state index contributed by atoms with van der Waals surface area (Å²) in [6, 6.07) is 5.04. The molecule has 0 atom stereocenters. The molecule has 1 aromatic carbocycles. The SMILES string of the molecule is Cc1ccsc1-c1nnc(CC(=O)NCc2cc(F)cc(F)c2)o1. The molecule has 0 fully saturated rings. The maximum absolute atomic E-state index is 13.1. The molecule has 24 heavy (non-hydrogen) atoms. The number of aromatic nitrogens is 2. The summed E-state index contributed by atoms with van der Waals surface area (Å²) in [5.74, 6) is -1.20. The van der Waals surface area contributed by atoms with Crippen molar-refractivity contribution in [2.75, 3.05) is 0 Å². The Morgan fingerprint density at radius 2 is 2.00 bits per heavy atom. The standard InChI is InChI=1S/C16H13F2N3O2S/c1-9-2-3-24-15(9)16-21-20-14(23-16)7-13(22)19-8-10-4-11(17)6-12(18)5-10/h2-6H,7-8H2,1H3,(H,19,22). The molecule has 1 N–H and O–H groups in total. The predicted octanol–water partition coefficient (Wildman–Crippen LogP) is 3.24. The minimum atomic E-state index is -0.688. The minimum absolute atomic E-state index is 0.0124. The lowest BCUT2D eigenvalue weighted by atomic mass is 10.2. The molecule has 0 aliphatic carbocycles. The number of hydrogen-bond acceptors (Lipinski definition) is 5. The first-order valence-electron chi connectivity index (χ1n) is 7.10.